The molecule has 1 fully saturated rings. The second kappa shape index (κ2) is 8.56. The first-order chi connectivity index (χ1) is 12.5. The van der Waals surface area contributed by atoms with Crippen molar-refractivity contribution in [2.24, 2.45) is 5.92 Å². The summed E-state index contributed by atoms with van der Waals surface area (Å²) < 4.78 is 1.78. The Morgan fingerprint density at radius 3 is 2.54 bits per heavy atom. The molecule has 1 aromatic carbocycles. The first-order valence-electron chi connectivity index (χ1n) is 9.06. The quantitative estimate of drug-likeness (QED) is 0.874. The van der Waals surface area contributed by atoms with Crippen molar-refractivity contribution < 1.29 is 4.79 Å². The number of benzene rings is 1. The minimum Gasteiger partial charge on any atom is -0.334 e. The van der Waals surface area contributed by atoms with Crippen LogP contribution in [0.5, 0.6) is 0 Å². The fourth-order valence-corrected chi connectivity index (χ4v) is 3.25. The summed E-state index contributed by atoms with van der Waals surface area (Å²) in [6.07, 6.45) is 3.69. The molecule has 1 aliphatic heterocycles. The topological polar surface area (TPSA) is 53.4 Å². The normalized spacial score (nSPS) is 15.5. The van der Waals surface area contributed by atoms with Crippen LogP contribution in [0.2, 0.25) is 5.02 Å². The van der Waals surface area contributed by atoms with Crippen LogP contribution in [0.3, 0.4) is 0 Å². The number of carbonyl (C=O) groups is 1. The van der Waals surface area contributed by atoms with Crippen LogP contribution in [-0.4, -0.2) is 58.3 Å². The molecule has 0 aliphatic carbocycles. The van der Waals surface area contributed by atoms with Gasteiger partial charge in [-0.15, -0.1) is 0 Å². The van der Waals surface area contributed by atoms with Gasteiger partial charge < -0.3 is 10.2 Å². The maximum absolute atomic E-state index is 12.4. The molecule has 0 saturated carbocycles. The third-order valence-electron chi connectivity index (χ3n) is 4.45. The van der Waals surface area contributed by atoms with Gasteiger partial charge in [-0.2, -0.15) is 5.10 Å². The summed E-state index contributed by atoms with van der Waals surface area (Å²) in [6.45, 7) is 9.47. The van der Waals surface area contributed by atoms with E-state index in [2.05, 4.69) is 29.2 Å². The molecule has 1 saturated heterocycles. The Balaban J connectivity index is 1.47. The molecule has 0 spiro atoms. The van der Waals surface area contributed by atoms with Crippen molar-refractivity contribution in [1.82, 2.24) is 24.9 Å². The molecule has 0 bridgehead atoms. The van der Waals surface area contributed by atoms with E-state index in [1.165, 1.54) is 0 Å². The van der Waals surface area contributed by atoms with E-state index in [4.69, 9.17) is 11.6 Å². The summed E-state index contributed by atoms with van der Waals surface area (Å²) in [7, 11) is 0. The molecule has 1 N–H and O–H groups in total. The lowest BCUT2D eigenvalue weighted by Gasteiger charge is -2.35. The highest BCUT2D eigenvalue weighted by molar-refractivity contribution is 6.30. The predicted molar refractivity (Wildman–Crippen MR) is 104 cm³/mol. The van der Waals surface area contributed by atoms with E-state index in [1.807, 2.05) is 35.4 Å². The highest BCUT2D eigenvalue weighted by Gasteiger charge is 2.21. The Morgan fingerprint density at radius 2 is 1.88 bits per heavy atom. The van der Waals surface area contributed by atoms with Crippen LogP contribution in [-0.2, 0) is 6.54 Å². The van der Waals surface area contributed by atoms with E-state index in [9.17, 15) is 4.79 Å². The molecule has 0 atom stereocenters. The van der Waals surface area contributed by atoms with E-state index in [-0.39, 0.29) is 6.03 Å². The lowest BCUT2D eigenvalue weighted by atomic mass is 10.2. The molecule has 0 radical (unpaired) electrons. The fourth-order valence-electron chi connectivity index (χ4n) is 3.13. The van der Waals surface area contributed by atoms with Crippen molar-refractivity contribution in [3.63, 3.8) is 0 Å². The molecule has 2 heterocycles. The molecular weight excluding hydrogens is 350 g/mol. The largest absolute Gasteiger partial charge is 0.334 e. The Bertz CT molecular complexity index is 720. The summed E-state index contributed by atoms with van der Waals surface area (Å²) in [6, 6.07) is 7.48. The second-order valence-electron chi connectivity index (χ2n) is 7.11. The molecule has 0 unspecified atom stereocenters. The third kappa shape index (κ3) is 4.99. The van der Waals surface area contributed by atoms with Crippen molar-refractivity contribution >= 4 is 17.6 Å². The van der Waals surface area contributed by atoms with Gasteiger partial charge in [0.05, 0.1) is 11.9 Å². The van der Waals surface area contributed by atoms with Crippen molar-refractivity contribution in [1.29, 1.82) is 0 Å². The van der Waals surface area contributed by atoms with E-state index >= 15 is 0 Å². The van der Waals surface area contributed by atoms with Gasteiger partial charge in [-0.05, 0) is 30.2 Å². The minimum atomic E-state index is -0.00607. The number of amides is 2. The van der Waals surface area contributed by atoms with Crippen LogP contribution in [0.25, 0.3) is 5.69 Å². The average Bonchev–Trinajstić information content (AvgIpc) is 3.09. The lowest BCUT2D eigenvalue weighted by molar-refractivity contribution is 0.131. The van der Waals surface area contributed by atoms with E-state index < -0.39 is 0 Å². The lowest BCUT2D eigenvalue weighted by Crippen LogP contribution is -2.52. The molecule has 1 aromatic heterocycles. The van der Waals surface area contributed by atoms with E-state index in [0.29, 0.717) is 17.5 Å². The Morgan fingerprint density at radius 1 is 1.19 bits per heavy atom. The van der Waals surface area contributed by atoms with Crippen LogP contribution in [0.1, 0.15) is 19.4 Å². The summed E-state index contributed by atoms with van der Waals surface area (Å²) >= 11 is 5.91. The van der Waals surface area contributed by atoms with Gasteiger partial charge in [0.15, 0.2) is 0 Å². The fraction of sp³-hybridized carbons (Fsp3) is 0.474. The van der Waals surface area contributed by atoms with Gasteiger partial charge in [0.1, 0.15) is 0 Å². The van der Waals surface area contributed by atoms with Crippen molar-refractivity contribution in [2.45, 2.75) is 20.4 Å². The number of halogens is 1. The Kier molecular flexibility index (Phi) is 6.16. The summed E-state index contributed by atoms with van der Waals surface area (Å²) in [5, 5.41) is 8.03. The minimum absolute atomic E-state index is 0.00607. The highest BCUT2D eigenvalue weighted by Crippen LogP contribution is 2.13. The predicted octanol–water partition coefficient (Wildman–Crippen LogP) is 3.01. The number of nitrogens with one attached hydrogen (secondary N) is 1. The number of carbonyl (C=O) groups excluding carboxylic acids is 1. The van der Waals surface area contributed by atoms with Crippen molar-refractivity contribution in [3.05, 3.63) is 47.2 Å². The second-order valence-corrected chi connectivity index (χ2v) is 7.55. The summed E-state index contributed by atoms with van der Waals surface area (Å²) in [4.78, 5) is 16.7. The van der Waals surface area contributed by atoms with Gasteiger partial charge in [-0.25, -0.2) is 9.48 Å². The number of nitrogens with zero attached hydrogens (tertiary/aromatic N) is 4. The number of hydrogen-bond donors (Lipinski definition) is 1. The summed E-state index contributed by atoms with van der Waals surface area (Å²) in [5.74, 6) is 0.660. The molecule has 6 nitrogen and oxygen atoms in total. The van der Waals surface area contributed by atoms with E-state index in [1.54, 1.807) is 10.9 Å². The van der Waals surface area contributed by atoms with Crippen LogP contribution < -0.4 is 5.32 Å². The molecule has 2 amide bonds. The average molecular weight is 376 g/mol. The standard InChI is InChI=1S/C19H26ClN5O/c1-15(2)13-23-7-9-24(10-8-23)19(26)21-11-16-12-22-25(14-16)18-5-3-17(20)4-6-18/h3-6,12,14-15H,7-11,13H2,1-2H3,(H,21,26). The highest BCUT2D eigenvalue weighted by atomic mass is 35.5. The maximum Gasteiger partial charge on any atom is 0.317 e. The monoisotopic (exact) mass is 375 g/mol. The molecule has 140 valence electrons. The summed E-state index contributed by atoms with van der Waals surface area (Å²) in [5.41, 5.74) is 1.90. The molecule has 26 heavy (non-hydrogen) atoms. The van der Waals surface area contributed by atoms with Gasteiger partial charge in [0.25, 0.3) is 0 Å². The molecule has 1 aliphatic rings. The Hall–Kier alpha value is -2.05. The zero-order valence-corrected chi connectivity index (χ0v) is 16.1. The van der Waals surface area contributed by atoms with Crippen molar-refractivity contribution in [3.8, 4) is 5.69 Å². The van der Waals surface area contributed by atoms with Gasteiger partial charge in [-0.1, -0.05) is 25.4 Å². The van der Waals surface area contributed by atoms with Crippen LogP contribution in [0.15, 0.2) is 36.7 Å². The van der Waals surface area contributed by atoms with Gasteiger partial charge in [0.2, 0.25) is 0 Å². The number of hydrogen-bond acceptors (Lipinski definition) is 3. The van der Waals surface area contributed by atoms with Crippen LogP contribution >= 0.6 is 11.6 Å². The first kappa shape index (κ1) is 18.7. The smallest absolute Gasteiger partial charge is 0.317 e. The van der Waals surface area contributed by atoms with Gasteiger partial charge in [0, 0.05) is 56.1 Å². The number of urea groups is 1. The Labute approximate surface area is 159 Å². The third-order valence-corrected chi connectivity index (χ3v) is 4.71. The number of aromatic nitrogens is 2. The van der Waals surface area contributed by atoms with Crippen molar-refractivity contribution in [2.75, 3.05) is 32.7 Å². The van der Waals surface area contributed by atoms with Crippen LogP contribution in [0.4, 0.5) is 4.79 Å². The van der Waals surface area contributed by atoms with Gasteiger partial charge >= 0.3 is 6.03 Å². The molecule has 2 aromatic rings. The van der Waals surface area contributed by atoms with E-state index in [0.717, 1.165) is 44.0 Å². The number of rotatable bonds is 5. The number of piperazine rings is 1. The molecule has 7 heteroatoms. The van der Waals surface area contributed by atoms with Gasteiger partial charge in [-0.3, -0.25) is 4.90 Å². The molecular formula is C19H26ClN5O. The zero-order chi connectivity index (χ0) is 18.5. The van der Waals surface area contributed by atoms with Crippen LogP contribution in [0, 0.1) is 5.92 Å². The SMILES string of the molecule is CC(C)CN1CCN(C(=O)NCc2cnn(-c3ccc(Cl)cc3)c2)CC1. The molecule has 3 rings (SSSR count). The zero-order valence-electron chi connectivity index (χ0n) is 15.4. The first-order valence-corrected chi connectivity index (χ1v) is 9.43. The maximum atomic E-state index is 12.4.